The largest absolute Gasteiger partial charge is 0.354 e. The minimum absolute atomic E-state index is 0. The van der Waals surface area contributed by atoms with E-state index in [9.17, 15) is 4.79 Å². The average Bonchev–Trinajstić information content (AvgIpc) is 2.65. The summed E-state index contributed by atoms with van der Waals surface area (Å²) in [7, 11) is 0. The highest BCUT2D eigenvalue weighted by Gasteiger charge is 2.22. The van der Waals surface area contributed by atoms with Crippen LogP contribution in [0.3, 0.4) is 0 Å². The predicted molar refractivity (Wildman–Crippen MR) is 74.3 cm³/mol. The number of halogens is 1. The Morgan fingerprint density at radius 2 is 1.94 bits per heavy atom. The van der Waals surface area contributed by atoms with Crippen LogP contribution in [0.4, 0.5) is 0 Å². The fourth-order valence-corrected chi connectivity index (χ4v) is 2.34. The fourth-order valence-electron chi connectivity index (χ4n) is 2.34. The lowest BCUT2D eigenvalue weighted by Gasteiger charge is -2.21. The number of carbonyl (C=O) groups excluding carboxylic acids is 1. The monoisotopic (exact) mass is 262 g/mol. The minimum Gasteiger partial charge on any atom is -0.354 e. The second-order valence-electron chi connectivity index (χ2n) is 5.99. The van der Waals surface area contributed by atoms with Gasteiger partial charge < -0.3 is 11.1 Å². The van der Waals surface area contributed by atoms with Crippen molar-refractivity contribution in [2.45, 2.75) is 58.4 Å². The lowest BCUT2D eigenvalue weighted by atomic mass is 9.94. The average molecular weight is 263 g/mol. The first kappa shape index (κ1) is 16.7. The summed E-state index contributed by atoms with van der Waals surface area (Å²) in [6.45, 7) is 6.43. The molecule has 1 fully saturated rings. The molecule has 0 spiro atoms. The summed E-state index contributed by atoms with van der Waals surface area (Å²) in [5, 5.41) is 2.93. The highest BCUT2D eigenvalue weighted by molar-refractivity contribution is 5.85. The third-order valence-corrected chi connectivity index (χ3v) is 3.33. The molecule has 1 amide bonds. The van der Waals surface area contributed by atoms with Crippen LogP contribution in [0.2, 0.25) is 0 Å². The Morgan fingerprint density at radius 3 is 2.41 bits per heavy atom. The van der Waals surface area contributed by atoms with Crippen LogP contribution in [0.15, 0.2) is 0 Å². The van der Waals surface area contributed by atoms with Gasteiger partial charge in [0, 0.05) is 18.0 Å². The number of rotatable bonds is 5. The van der Waals surface area contributed by atoms with E-state index in [-0.39, 0.29) is 29.8 Å². The van der Waals surface area contributed by atoms with Crippen LogP contribution in [-0.2, 0) is 4.79 Å². The van der Waals surface area contributed by atoms with E-state index in [1.54, 1.807) is 0 Å². The zero-order valence-electron chi connectivity index (χ0n) is 11.3. The Balaban J connectivity index is 0.00000256. The van der Waals surface area contributed by atoms with Gasteiger partial charge in [-0.05, 0) is 26.2 Å². The fraction of sp³-hybridized carbons (Fsp3) is 0.923. The molecule has 1 saturated carbocycles. The van der Waals surface area contributed by atoms with Gasteiger partial charge in [0.2, 0.25) is 5.91 Å². The summed E-state index contributed by atoms with van der Waals surface area (Å²) in [6.07, 6.45) is 6.33. The number of amides is 1. The van der Waals surface area contributed by atoms with Crippen molar-refractivity contribution in [3.05, 3.63) is 0 Å². The molecule has 3 N–H and O–H groups in total. The van der Waals surface area contributed by atoms with Crippen LogP contribution in [-0.4, -0.2) is 18.0 Å². The Morgan fingerprint density at radius 1 is 1.41 bits per heavy atom. The van der Waals surface area contributed by atoms with Gasteiger partial charge in [0.25, 0.3) is 0 Å². The summed E-state index contributed by atoms with van der Waals surface area (Å²) in [6, 6.07) is 0. The van der Waals surface area contributed by atoms with E-state index in [2.05, 4.69) is 5.32 Å². The molecule has 0 heterocycles. The molecule has 1 aliphatic rings. The molecule has 1 rings (SSSR count). The third-order valence-electron chi connectivity index (χ3n) is 3.33. The Labute approximate surface area is 111 Å². The molecule has 0 aliphatic heterocycles. The first-order chi connectivity index (χ1) is 7.38. The number of hydrogen-bond acceptors (Lipinski definition) is 2. The Bertz CT molecular complexity index is 232. The second kappa shape index (κ2) is 7.22. The van der Waals surface area contributed by atoms with E-state index in [1.807, 2.05) is 20.8 Å². The van der Waals surface area contributed by atoms with Gasteiger partial charge in [-0.1, -0.05) is 32.6 Å². The molecule has 102 valence electrons. The highest BCUT2D eigenvalue weighted by atomic mass is 35.5. The van der Waals surface area contributed by atoms with Crippen molar-refractivity contribution in [3.63, 3.8) is 0 Å². The smallest absolute Gasteiger partial charge is 0.222 e. The molecule has 1 unspecified atom stereocenters. The van der Waals surface area contributed by atoms with E-state index >= 15 is 0 Å². The van der Waals surface area contributed by atoms with E-state index < -0.39 is 0 Å². The molecule has 3 nitrogen and oxygen atoms in total. The van der Waals surface area contributed by atoms with Crippen LogP contribution in [0.1, 0.15) is 52.9 Å². The van der Waals surface area contributed by atoms with E-state index in [1.165, 1.54) is 25.7 Å². The van der Waals surface area contributed by atoms with Gasteiger partial charge in [0.15, 0.2) is 0 Å². The van der Waals surface area contributed by atoms with Crippen molar-refractivity contribution in [3.8, 4) is 0 Å². The lowest BCUT2D eigenvalue weighted by Crippen LogP contribution is -2.46. The van der Waals surface area contributed by atoms with Crippen molar-refractivity contribution in [1.29, 1.82) is 0 Å². The maximum Gasteiger partial charge on any atom is 0.222 e. The summed E-state index contributed by atoms with van der Waals surface area (Å²) in [4.78, 5) is 11.8. The molecular formula is C13H27ClN2O. The Hall–Kier alpha value is -0.280. The summed E-state index contributed by atoms with van der Waals surface area (Å²) < 4.78 is 0. The van der Waals surface area contributed by atoms with Gasteiger partial charge in [-0.3, -0.25) is 4.79 Å². The van der Waals surface area contributed by atoms with Gasteiger partial charge in [-0.15, -0.1) is 12.4 Å². The molecule has 0 saturated heterocycles. The van der Waals surface area contributed by atoms with E-state index in [0.29, 0.717) is 6.54 Å². The van der Waals surface area contributed by atoms with Crippen LogP contribution < -0.4 is 11.1 Å². The number of carbonyl (C=O) groups is 1. The van der Waals surface area contributed by atoms with E-state index in [4.69, 9.17) is 5.73 Å². The van der Waals surface area contributed by atoms with Crippen LogP contribution in [0, 0.1) is 11.8 Å². The lowest BCUT2D eigenvalue weighted by molar-refractivity contribution is -0.125. The van der Waals surface area contributed by atoms with Gasteiger partial charge in [0.05, 0.1) is 0 Å². The zero-order chi connectivity index (χ0) is 12.2. The Kier molecular flexibility index (Phi) is 7.10. The van der Waals surface area contributed by atoms with Crippen LogP contribution in [0.25, 0.3) is 0 Å². The van der Waals surface area contributed by atoms with Crippen LogP contribution in [0.5, 0.6) is 0 Å². The molecule has 0 bridgehead atoms. The SMILES string of the molecule is CC(CC1CCCC1)C(=O)NCC(C)(C)N.Cl. The maximum atomic E-state index is 11.8. The normalized spacial score (nSPS) is 18.6. The molecule has 0 aromatic heterocycles. The number of hydrogen-bond donors (Lipinski definition) is 2. The van der Waals surface area contributed by atoms with Crippen molar-refractivity contribution in [2.75, 3.05) is 6.54 Å². The minimum atomic E-state index is -0.317. The van der Waals surface area contributed by atoms with Gasteiger partial charge in [-0.25, -0.2) is 0 Å². The van der Waals surface area contributed by atoms with Gasteiger partial charge in [-0.2, -0.15) is 0 Å². The topological polar surface area (TPSA) is 55.1 Å². The molecular weight excluding hydrogens is 236 g/mol. The highest BCUT2D eigenvalue weighted by Crippen LogP contribution is 2.30. The van der Waals surface area contributed by atoms with Crippen molar-refractivity contribution < 1.29 is 4.79 Å². The first-order valence-corrected chi connectivity index (χ1v) is 6.45. The number of nitrogens with one attached hydrogen (secondary N) is 1. The molecule has 0 aromatic carbocycles. The third kappa shape index (κ3) is 6.89. The van der Waals surface area contributed by atoms with Crippen molar-refractivity contribution in [1.82, 2.24) is 5.32 Å². The second-order valence-corrected chi connectivity index (χ2v) is 5.99. The molecule has 4 heteroatoms. The van der Waals surface area contributed by atoms with Crippen LogP contribution >= 0.6 is 12.4 Å². The van der Waals surface area contributed by atoms with E-state index in [0.717, 1.165) is 12.3 Å². The van der Waals surface area contributed by atoms with Gasteiger partial charge in [0.1, 0.15) is 0 Å². The van der Waals surface area contributed by atoms with Crippen molar-refractivity contribution >= 4 is 18.3 Å². The first-order valence-electron chi connectivity index (χ1n) is 6.45. The summed E-state index contributed by atoms with van der Waals surface area (Å²) in [5.74, 6) is 1.06. The zero-order valence-corrected chi connectivity index (χ0v) is 12.1. The molecule has 17 heavy (non-hydrogen) atoms. The maximum absolute atomic E-state index is 11.8. The predicted octanol–water partition coefficient (Wildman–Crippen LogP) is 2.48. The van der Waals surface area contributed by atoms with Crippen molar-refractivity contribution in [2.24, 2.45) is 17.6 Å². The number of nitrogens with two attached hydrogens (primary N) is 1. The molecule has 1 atom stereocenters. The molecule has 1 aliphatic carbocycles. The standard InChI is InChI=1S/C13H26N2O.ClH/c1-10(8-11-6-4-5-7-11)12(16)15-9-13(2,3)14;/h10-11H,4-9,14H2,1-3H3,(H,15,16);1H. The molecule has 0 radical (unpaired) electrons. The quantitative estimate of drug-likeness (QED) is 0.800. The molecule has 0 aromatic rings. The summed E-state index contributed by atoms with van der Waals surface area (Å²) in [5.41, 5.74) is 5.52. The summed E-state index contributed by atoms with van der Waals surface area (Å²) >= 11 is 0. The van der Waals surface area contributed by atoms with Gasteiger partial charge >= 0.3 is 0 Å².